The molecule has 0 bridgehead atoms. The van der Waals surface area contributed by atoms with Crippen molar-refractivity contribution in [2.75, 3.05) is 0 Å². The normalized spacial score (nSPS) is 11.7. The minimum absolute atomic E-state index is 0.599. The van der Waals surface area contributed by atoms with Crippen molar-refractivity contribution in [3.05, 3.63) is 146 Å². The zero-order valence-electron chi connectivity index (χ0n) is 25.9. The Kier molecular flexibility index (Phi) is 5.84. The first-order chi connectivity index (χ1) is 24.2. The lowest BCUT2D eigenvalue weighted by atomic mass is 9.89. The fourth-order valence-electron chi connectivity index (χ4n) is 7.16. The van der Waals surface area contributed by atoms with Crippen LogP contribution in [0, 0.1) is 11.3 Å². The molecule has 5 aromatic carbocycles. The van der Waals surface area contributed by atoms with Gasteiger partial charge in [-0.25, -0.2) is 0 Å². The van der Waals surface area contributed by atoms with Crippen molar-refractivity contribution < 1.29 is 4.42 Å². The molecule has 0 aliphatic rings. The van der Waals surface area contributed by atoms with Crippen LogP contribution in [-0.2, 0) is 0 Å². The Morgan fingerprint density at radius 2 is 0.939 bits per heavy atom. The highest BCUT2D eigenvalue weighted by molar-refractivity contribution is 6.13. The van der Waals surface area contributed by atoms with E-state index < -0.39 is 0 Å². The second kappa shape index (κ2) is 10.5. The van der Waals surface area contributed by atoms with Crippen LogP contribution in [-0.4, -0.2) is 19.9 Å². The van der Waals surface area contributed by atoms with Gasteiger partial charge in [0.05, 0.1) is 33.7 Å². The Hall–Kier alpha value is -6.97. The molecule has 5 heterocycles. The van der Waals surface area contributed by atoms with Crippen molar-refractivity contribution in [1.29, 1.82) is 5.26 Å². The summed E-state index contributed by atoms with van der Waals surface area (Å²) in [6, 6.07) is 41.6. The van der Waals surface area contributed by atoms with Crippen LogP contribution in [0.4, 0.5) is 0 Å². The molecule has 0 saturated heterocycles. The van der Waals surface area contributed by atoms with Gasteiger partial charge in [-0.15, -0.1) is 0 Å². The van der Waals surface area contributed by atoms with Crippen molar-refractivity contribution in [2.45, 2.75) is 0 Å². The predicted octanol–water partition coefficient (Wildman–Crippen LogP) is 10.7. The highest BCUT2D eigenvalue weighted by atomic mass is 16.3. The van der Waals surface area contributed by atoms with Gasteiger partial charge >= 0.3 is 0 Å². The fraction of sp³-hybridized carbons (Fsp3) is 0. The Balaban J connectivity index is 1.29. The molecule has 6 heteroatoms. The van der Waals surface area contributed by atoms with Gasteiger partial charge in [0, 0.05) is 57.1 Å². The minimum Gasteiger partial charge on any atom is -0.456 e. The first-order valence-corrected chi connectivity index (χ1v) is 16.0. The van der Waals surface area contributed by atoms with Crippen LogP contribution in [0.2, 0.25) is 0 Å². The standard InChI is InChI=1S/C43H23N5O/c44-24-25-9-11-38-36(17-25)37-21-26(10-12-39(37)49-38)29-18-30(34-22-27-5-1-13-45-40(27)42-32(34)7-3-15-47-42)20-31(19-29)35-23-28-6-2-14-46-41(28)43-33(35)8-4-16-48-43/h1-23H. The summed E-state index contributed by atoms with van der Waals surface area (Å²) in [5, 5.41) is 15.6. The Morgan fingerprint density at radius 1 is 0.429 bits per heavy atom. The molecule has 0 N–H and O–H groups in total. The molecule has 10 aromatic rings. The summed E-state index contributed by atoms with van der Waals surface area (Å²) in [5.74, 6) is 0. The van der Waals surface area contributed by atoms with Gasteiger partial charge in [-0.1, -0.05) is 30.3 Å². The van der Waals surface area contributed by atoms with E-state index in [1.165, 1.54) is 0 Å². The molecule has 0 spiro atoms. The minimum atomic E-state index is 0.599. The molecule has 0 unspecified atom stereocenters. The maximum absolute atomic E-state index is 9.60. The zero-order chi connectivity index (χ0) is 32.5. The average molecular weight is 626 g/mol. The molecule has 0 aliphatic carbocycles. The van der Waals surface area contributed by atoms with E-state index in [0.717, 1.165) is 98.9 Å². The first kappa shape index (κ1) is 27.2. The largest absolute Gasteiger partial charge is 0.456 e. The summed E-state index contributed by atoms with van der Waals surface area (Å²) in [4.78, 5) is 19.0. The Morgan fingerprint density at radius 3 is 1.53 bits per heavy atom. The number of hydrogen-bond donors (Lipinski definition) is 0. The van der Waals surface area contributed by atoms with Crippen LogP contribution < -0.4 is 0 Å². The van der Waals surface area contributed by atoms with Crippen LogP contribution in [0.1, 0.15) is 5.56 Å². The lowest BCUT2D eigenvalue weighted by Crippen LogP contribution is -1.92. The molecule has 0 aliphatic heterocycles. The highest BCUT2D eigenvalue weighted by Gasteiger charge is 2.17. The van der Waals surface area contributed by atoms with Gasteiger partial charge < -0.3 is 4.42 Å². The molecule has 0 radical (unpaired) electrons. The summed E-state index contributed by atoms with van der Waals surface area (Å²) in [6.07, 6.45) is 7.29. The predicted molar refractivity (Wildman–Crippen MR) is 196 cm³/mol. The number of rotatable bonds is 3. The monoisotopic (exact) mass is 625 g/mol. The van der Waals surface area contributed by atoms with Crippen molar-refractivity contribution >= 4 is 65.6 Å². The molecular weight excluding hydrogens is 603 g/mol. The summed E-state index contributed by atoms with van der Waals surface area (Å²) in [6.45, 7) is 0. The molecule has 49 heavy (non-hydrogen) atoms. The van der Waals surface area contributed by atoms with Crippen LogP contribution >= 0.6 is 0 Å². The Bertz CT molecular complexity index is 2890. The van der Waals surface area contributed by atoms with Crippen LogP contribution in [0.25, 0.3) is 98.9 Å². The first-order valence-electron chi connectivity index (χ1n) is 16.0. The topological polar surface area (TPSA) is 88.5 Å². The summed E-state index contributed by atoms with van der Waals surface area (Å²) < 4.78 is 6.17. The van der Waals surface area contributed by atoms with Crippen LogP contribution in [0.3, 0.4) is 0 Å². The third kappa shape index (κ3) is 4.27. The number of fused-ring (bicyclic) bond motifs is 9. The molecule has 0 amide bonds. The van der Waals surface area contributed by atoms with Crippen LogP contribution in [0.5, 0.6) is 0 Å². The fourth-order valence-corrected chi connectivity index (χ4v) is 7.16. The Labute approximate surface area is 279 Å². The zero-order valence-corrected chi connectivity index (χ0v) is 25.9. The molecular formula is C43H23N5O. The van der Waals surface area contributed by atoms with E-state index in [9.17, 15) is 5.26 Å². The SMILES string of the molecule is N#Cc1ccc2oc3ccc(-c4cc(-c5cc6cccnc6c6ncccc56)cc(-c5cc6cccnc6c6ncccc56)c4)cc3c2c1. The van der Waals surface area contributed by atoms with Gasteiger partial charge in [-0.05, 0) is 118 Å². The van der Waals surface area contributed by atoms with Gasteiger partial charge in [0.15, 0.2) is 0 Å². The quantitative estimate of drug-likeness (QED) is 0.182. The van der Waals surface area contributed by atoms with E-state index in [2.05, 4.69) is 72.8 Å². The number of aromatic nitrogens is 4. The lowest BCUT2D eigenvalue weighted by Gasteiger charge is -2.16. The van der Waals surface area contributed by atoms with Crippen molar-refractivity contribution in [3.8, 4) is 39.4 Å². The highest BCUT2D eigenvalue weighted by Crippen LogP contribution is 2.41. The number of benzene rings is 5. The van der Waals surface area contributed by atoms with E-state index in [4.69, 9.17) is 24.4 Å². The number of furan rings is 1. The third-order valence-electron chi connectivity index (χ3n) is 9.41. The summed E-state index contributed by atoms with van der Waals surface area (Å²) >= 11 is 0. The van der Waals surface area contributed by atoms with E-state index >= 15 is 0 Å². The number of hydrogen-bond acceptors (Lipinski definition) is 6. The second-order valence-electron chi connectivity index (χ2n) is 12.2. The number of pyridine rings is 4. The van der Waals surface area contributed by atoms with E-state index in [1.807, 2.05) is 67.3 Å². The molecule has 226 valence electrons. The van der Waals surface area contributed by atoms with E-state index in [0.29, 0.717) is 5.56 Å². The van der Waals surface area contributed by atoms with E-state index in [-0.39, 0.29) is 0 Å². The molecule has 0 atom stereocenters. The maximum Gasteiger partial charge on any atom is 0.135 e. The van der Waals surface area contributed by atoms with Gasteiger partial charge in [0.25, 0.3) is 0 Å². The van der Waals surface area contributed by atoms with Gasteiger partial charge in [-0.3, -0.25) is 19.9 Å². The number of nitrogens with zero attached hydrogens (tertiary/aromatic N) is 5. The molecule has 0 fully saturated rings. The molecule has 6 nitrogen and oxygen atoms in total. The maximum atomic E-state index is 9.60. The van der Waals surface area contributed by atoms with Crippen molar-refractivity contribution in [2.24, 2.45) is 0 Å². The molecule has 10 rings (SSSR count). The summed E-state index contributed by atoms with van der Waals surface area (Å²) in [7, 11) is 0. The molecule has 0 saturated carbocycles. The number of nitriles is 1. The van der Waals surface area contributed by atoms with Gasteiger partial charge in [-0.2, -0.15) is 5.26 Å². The third-order valence-corrected chi connectivity index (χ3v) is 9.41. The van der Waals surface area contributed by atoms with Crippen molar-refractivity contribution in [1.82, 2.24) is 19.9 Å². The smallest absolute Gasteiger partial charge is 0.135 e. The van der Waals surface area contributed by atoms with Crippen LogP contribution in [0.15, 0.2) is 144 Å². The molecule has 5 aromatic heterocycles. The van der Waals surface area contributed by atoms with E-state index in [1.54, 1.807) is 6.07 Å². The summed E-state index contributed by atoms with van der Waals surface area (Å²) in [5.41, 5.74) is 12.0. The van der Waals surface area contributed by atoms with Gasteiger partial charge in [0.2, 0.25) is 0 Å². The van der Waals surface area contributed by atoms with Crippen molar-refractivity contribution in [3.63, 3.8) is 0 Å². The second-order valence-corrected chi connectivity index (χ2v) is 12.2. The average Bonchev–Trinajstić information content (AvgIpc) is 3.54. The van der Waals surface area contributed by atoms with Gasteiger partial charge in [0.1, 0.15) is 11.2 Å². The lowest BCUT2D eigenvalue weighted by molar-refractivity contribution is 0.669.